The summed E-state index contributed by atoms with van der Waals surface area (Å²) < 4.78 is 0. The lowest BCUT2D eigenvalue weighted by atomic mass is 10.1. The normalized spacial score (nSPS) is 17.7. The minimum Gasteiger partial charge on any atom is -0.399 e. The largest absolute Gasteiger partial charge is 0.399 e. The standard InChI is InChI=1S/C12H18N2S/c1-14(12-6-8-15-9-7-12)11-4-2-10(13)3-5-11/h2-5,12H,6-9,13H2,1H3. The summed E-state index contributed by atoms with van der Waals surface area (Å²) in [5.74, 6) is 2.59. The molecular weight excluding hydrogens is 204 g/mol. The second kappa shape index (κ2) is 4.79. The summed E-state index contributed by atoms with van der Waals surface area (Å²) in [5.41, 5.74) is 7.80. The Kier molecular flexibility index (Phi) is 3.41. The van der Waals surface area contributed by atoms with E-state index in [-0.39, 0.29) is 0 Å². The van der Waals surface area contributed by atoms with E-state index in [2.05, 4.69) is 35.8 Å². The number of hydrogen-bond acceptors (Lipinski definition) is 3. The summed E-state index contributed by atoms with van der Waals surface area (Å²) in [6.07, 6.45) is 2.59. The SMILES string of the molecule is CN(c1ccc(N)cc1)C1CCSCC1. The molecule has 1 fully saturated rings. The van der Waals surface area contributed by atoms with Gasteiger partial charge in [0.2, 0.25) is 0 Å². The van der Waals surface area contributed by atoms with Crippen molar-refractivity contribution in [1.82, 2.24) is 0 Å². The Hall–Kier alpha value is -0.830. The first kappa shape index (κ1) is 10.7. The van der Waals surface area contributed by atoms with E-state index in [1.54, 1.807) is 0 Å². The molecule has 1 saturated heterocycles. The molecule has 0 aliphatic carbocycles. The predicted octanol–water partition coefficient (Wildman–Crippen LogP) is 2.60. The lowest BCUT2D eigenvalue weighted by Crippen LogP contribution is -2.34. The van der Waals surface area contributed by atoms with E-state index in [1.165, 1.54) is 30.0 Å². The van der Waals surface area contributed by atoms with Crippen molar-refractivity contribution < 1.29 is 0 Å². The quantitative estimate of drug-likeness (QED) is 0.780. The number of thioether (sulfide) groups is 1. The highest BCUT2D eigenvalue weighted by Gasteiger charge is 2.18. The van der Waals surface area contributed by atoms with Crippen molar-refractivity contribution in [3.63, 3.8) is 0 Å². The van der Waals surface area contributed by atoms with Gasteiger partial charge in [0.25, 0.3) is 0 Å². The third kappa shape index (κ3) is 2.59. The molecule has 82 valence electrons. The number of benzene rings is 1. The van der Waals surface area contributed by atoms with Gasteiger partial charge in [0.05, 0.1) is 0 Å². The van der Waals surface area contributed by atoms with Crippen molar-refractivity contribution in [2.24, 2.45) is 0 Å². The first-order chi connectivity index (χ1) is 7.27. The molecule has 0 amide bonds. The van der Waals surface area contributed by atoms with E-state index in [0.29, 0.717) is 6.04 Å². The van der Waals surface area contributed by atoms with E-state index < -0.39 is 0 Å². The van der Waals surface area contributed by atoms with Crippen molar-refractivity contribution in [3.8, 4) is 0 Å². The van der Waals surface area contributed by atoms with Crippen LogP contribution in [-0.2, 0) is 0 Å². The summed E-state index contributed by atoms with van der Waals surface area (Å²) >= 11 is 2.07. The number of nitrogen functional groups attached to an aromatic ring is 1. The Bertz CT molecular complexity index is 304. The molecule has 1 aliphatic heterocycles. The molecule has 0 radical (unpaired) electrons. The molecular formula is C12H18N2S. The first-order valence-corrected chi connectivity index (χ1v) is 6.59. The summed E-state index contributed by atoms with van der Waals surface area (Å²) in [6, 6.07) is 8.87. The van der Waals surface area contributed by atoms with Crippen LogP contribution in [0.4, 0.5) is 11.4 Å². The maximum Gasteiger partial charge on any atom is 0.0367 e. The van der Waals surface area contributed by atoms with Crippen LogP contribution in [0.1, 0.15) is 12.8 Å². The van der Waals surface area contributed by atoms with Gasteiger partial charge >= 0.3 is 0 Å². The van der Waals surface area contributed by atoms with Crippen molar-refractivity contribution >= 4 is 23.1 Å². The van der Waals surface area contributed by atoms with Crippen molar-refractivity contribution in [2.75, 3.05) is 29.2 Å². The van der Waals surface area contributed by atoms with E-state index in [1.807, 2.05) is 12.1 Å². The first-order valence-electron chi connectivity index (χ1n) is 5.43. The molecule has 1 aliphatic rings. The average molecular weight is 222 g/mol. The van der Waals surface area contributed by atoms with Crippen LogP contribution in [0.3, 0.4) is 0 Å². The fraction of sp³-hybridized carbons (Fsp3) is 0.500. The molecule has 2 N–H and O–H groups in total. The lowest BCUT2D eigenvalue weighted by molar-refractivity contribution is 0.588. The van der Waals surface area contributed by atoms with E-state index in [4.69, 9.17) is 5.73 Å². The third-order valence-corrected chi connectivity index (χ3v) is 4.09. The molecule has 1 aromatic rings. The molecule has 0 aromatic heterocycles. The van der Waals surface area contributed by atoms with Crippen LogP contribution in [-0.4, -0.2) is 24.6 Å². The van der Waals surface area contributed by atoms with Crippen LogP contribution in [0, 0.1) is 0 Å². The average Bonchev–Trinajstić information content (AvgIpc) is 2.30. The van der Waals surface area contributed by atoms with Gasteiger partial charge in [0.1, 0.15) is 0 Å². The lowest BCUT2D eigenvalue weighted by Gasteiger charge is -2.32. The number of anilines is 2. The zero-order valence-electron chi connectivity index (χ0n) is 9.15. The zero-order valence-corrected chi connectivity index (χ0v) is 9.96. The van der Waals surface area contributed by atoms with Gasteiger partial charge in [0.15, 0.2) is 0 Å². The molecule has 0 unspecified atom stereocenters. The zero-order chi connectivity index (χ0) is 10.7. The maximum absolute atomic E-state index is 5.68. The van der Waals surface area contributed by atoms with Crippen LogP contribution < -0.4 is 10.6 Å². The highest BCUT2D eigenvalue weighted by atomic mass is 32.2. The number of hydrogen-bond donors (Lipinski definition) is 1. The maximum atomic E-state index is 5.68. The molecule has 2 rings (SSSR count). The van der Waals surface area contributed by atoms with E-state index >= 15 is 0 Å². The molecule has 15 heavy (non-hydrogen) atoms. The van der Waals surface area contributed by atoms with Crippen LogP contribution in [0.5, 0.6) is 0 Å². The number of nitrogens with zero attached hydrogens (tertiary/aromatic N) is 1. The number of nitrogens with two attached hydrogens (primary N) is 1. The predicted molar refractivity (Wildman–Crippen MR) is 69.6 cm³/mol. The molecule has 0 saturated carbocycles. The van der Waals surface area contributed by atoms with Crippen LogP contribution in [0.25, 0.3) is 0 Å². The second-order valence-corrected chi connectivity index (χ2v) is 5.27. The van der Waals surface area contributed by atoms with Crippen molar-refractivity contribution in [2.45, 2.75) is 18.9 Å². The van der Waals surface area contributed by atoms with Gasteiger partial charge in [-0.25, -0.2) is 0 Å². The van der Waals surface area contributed by atoms with Gasteiger partial charge in [-0.15, -0.1) is 0 Å². The topological polar surface area (TPSA) is 29.3 Å². The van der Waals surface area contributed by atoms with Crippen LogP contribution >= 0.6 is 11.8 Å². The molecule has 1 heterocycles. The summed E-state index contributed by atoms with van der Waals surface area (Å²) in [4.78, 5) is 2.39. The molecule has 3 heteroatoms. The minimum absolute atomic E-state index is 0.704. The fourth-order valence-corrected chi connectivity index (χ4v) is 3.07. The van der Waals surface area contributed by atoms with Gasteiger partial charge in [-0.05, 0) is 48.6 Å². The Balaban J connectivity index is 2.05. The Morgan fingerprint density at radius 2 is 1.80 bits per heavy atom. The highest BCUT2D eigenvalue weighted by Crippen LogP contribution is 2.25. The smallest absolute Gasteiger partial charge is 0.0367 e. The Morgan fingerprint density at radius 1 is 1.20 bits per heavy atom. The second-order valence-electron chi connectivity index (χ2n) is 4.05. The van der Waals surface area contributed by atoms with Gasteiger partial charge in [-0.3, -0.25) is 0 Å². The molecule has 2 nitrogen and oxygen atoms in total. The summed E-state index contributed by atoms with van der Waals surface area (Å²) in [7, 11) is 2.19. The Labute approximate surface area is 95.8 Å². The number of rotatable bonds is 2. The van der Waals surface area contributed by atoms with E-state index in [9.17, 15) is 0 Å². The third-order valence-electron chi connectivity index (χ3n) is 3.04. The van der Waals surface area contributed by atoms with Crippen LogP contribution in [0.2, 0.25) is 0 Å². The van der Waals surface area contributed by atoms with Gasteiger partial charge in [-0.1, -0.05) is 0 Å². The van der Waals surface area contributed by atoms with Crippen LogP contribution in [0.15, 0.2) is 24.3 Å². The summed E-state index contributed by atoms with van der Waals surface area (Å²) in [6.45, 7) is 0. The molecule has 0 atom stereocenters. The monoisotopic (exact) mass is 222 g/mol. The van der Waals surface area contributed by atoms with Crippen molar-refractivity contribution in [3.05, 3.63) is 24.3 Å². The van der Waals surface area contributed by atoms with Gasteiger partial charge in [-0.2, -0.15) is 11.8 Å². The molecule has 1 aromatic carbocycles. The molecule has 0 bridgehead atoms. The van der Waals surface area contributed by atoms with Gasteiger partial charge in [0, 0.05) is 24.5 Å². The van der Waals surface area contributed by atoms with Crippen molar-refractivity contribution in [1.29, 1.82) is 0 Å². The van der Waals surface area contributed by atoms with Gasteiger partial charge < -0.3 is 10.6 Å². The summed E-state index contributed by atoms with van der Waals surface area (Å²) in [5, 5.41) is 0. The fourth-order valence-electron chi connectivity index (χ4n) is 1.99. The van der Waals surface area contributed by atoms with E-state index in [0.717, 1.165) is 5.69 Å². The minimum atomic E-state index is 0.704. The Morgan fingerprint density at radius 3 is 2.40 bits per heavy atom. The highest BCUT2D eigenvalue weighted by molar-refractivity contribution is 7.99. The molecule has 0 spiro atoms.